The lowest BCUT2D eigenvalue weighted by molar-refractivity contribution is -0.426. The van der Waals surface area contributed by atoms with E-state index in [0.717, 1.165) is 39.2 Å². The summed E-state index contributed by atoms with van der Waals surface area (Å²) in [7, 11) is 1.90. The zero-order valence-electron chi connectivity index (χ0n) is 13.6. The summed E-state index contributed by atoms with van der Waals surface area (Å²) in [6.45, 7) is 0. The highest BCUT2D eigenvalue weighted by Gasteiger charge is 2.30. The number of rotatable bonds is 2. The van der Waals surface area contributed by atoms with Gasteiger partial charge in [0.1, 0.15) is 6.21 Å². The highest BCUT2D eigenvalue weighted by atomic mass is 15.5. The predicted octanol–water partition coefficient (Wildman–Crippen LogP) is 3.13. The fourth-order valence-electron chi connectivity index (χ4n) is 2.98. The maximum Gasteiger partial charge on any atom is 0.374 e. The average Bonchev–Trinajstić information content (AvgIpc) is 3.06. The number of fused-ring (bicyclic) bond motifs is 2. The Bertz CT molecular complexity index is 1140. The molecule has 0 fully saturated rings. The van der Waals surface area contributed by atoms with E-state index < -0.39 is 0 Å². The zero-order chi connectivity index (χ0) is 16.8. The van der Waals surface area contributed by atoms with E-state index in [9.17, 15) is 0 Å². The lowest BCUT2D eigenvalue weighted by Crippen LogP contribution is -2.27. The van der Waals surface area contributed by atoms with Gasteiger partial charge in [0.2, 0.25) is 0 Å². The Balaban J connectivity index is 1.52. The van der Waals surface area contributed by atoms with E-state index in [4.69, 9.17) is 4.98 Å². The molecule has 0 saturated heterocycles. The van der Waals surface area contributed by atoms with Gasteiger partial charge in [0, 0.05) is 30.4 Å². The molecule has 4 aromatic rings. The third-order valence-electron chi connectivity index (χ3n) is 4.25. The second-order valence-corrected chi connectivity index (χ2v) is 6.04. The number of hydrazine groups is 1. The number of benzene rings is 1. The Labute approximate surface area is 144 Å². The van der Waals surface area contributed by atoms with E-state index in [0.29, 0.717) is 0 Å². The van der Waals surface area contributed by atoms with Crippen LogP contribution < -0.4 is 5.43 Å². The van der Waals surface area contributed by atoms with Crippen LogP contribution in [-0.4, -0.2) is 30.6 Å². The monoisotopic (exact) mass is 327 g/mol. The minimum absolute atomic E-state index is 0.910. The highest BCUT2D eigenvalue weighted by molar-refractivity contribution is 5.88. The van der Waals surface area contributed by atoms with Gasteiger partial charge in [-0.1, -0.05) is 6.07 Å². The van der Waals surface area contributed by atoms with Crippen molar-refractivity contribution in [1.82, 2.24) is 19.7 Å². The van der Waals surface area contributed by atoms with Gasteiger partial charge in [-0.2, -0.15) is 5.10 Å². The van der Waals surface area contributed by atoms with Gasteiger partial charge in [-0.25, -0.2) is 5.43 Å². The number of hydrazone groups is 1. The van der Waals surface area contributed by atoms with Gasteiger partial charge in [-0.15, -0.1) is 4.68 Å². The molecule has 0 spiro atoms. The van der Waals surface area contributed by atoms with E-state index in [1.165, 1.54) is 0 Å². The van der Waals surface area contributed by atoms with Crippen molar-refractivity contribution >= 4 is 28.6 Å². The number of aryl methyl sites for hydroxylation is 1. The molecule has 6 heteroatoms. The van der Waals surface area contributed by atoms with E-state index in [2.05, 4.69) is 33.7 Å². The topological polar surface area (TPSA) is 58.6 Å². The van der Waals surface area contributed by atoms with Crippen molar-refractivity contribution in [3.8, 4) is 11.3 Å². The lowest BCUT2D eigenvalue weighted by atomic mass is 10.1. The molecule has 3 aromatic heterocycles. The Morgan fingerprint density at radius 2 is 2.12 bits per heavy atom. The van der Waals surface area contributed by atoms with Crippen molar-refractivity contribution in [1.29, 1.82) is 0 Å². The van der Waals surface area contributed by atoms with E-state index in [1.54, 1.807) is 4.68 Å². The molecule has 25 heavy (non-hydrogen) atoms. The summed E-state index contributed by atoms with van der Waals surface area (Å²) in [4.78, 5) is 9.10. The number of nitrogens with one attached hydrogen (secondary N) is 1. The SMILES string of the molecule is Cn1cc(-c2ccc3c(n2)[N+](=Cc2ccc4ncccc4c2)N3)cn1. The van der Waals surface area contributed by atoms with Crippen molar-refractivity contribution in [3.05, 3.63) is 66.6 Å². The molecule has 1 N–H and O–H groups in total. The van der Waals surface area contributed by atoms with Crippen molar-refractivity contribution < 1.29 is 4.68 Å². The number of nitrogens with zero attached hydrogens (tertiary/aromatic N) is 5. The molecule has 1 aromatic carbocycles. The highest BCUT2D eigenvalue weighted by Crippen LogP contribution is 2.33. The molecule has 0 aliphatic carbocycles. The second-order valence-electron chi connectivity index (χ2n) is 6.04. The fraction of sp³-hybridized carbons (Fsp3) is 0.0526. The lowest BCUT2D eigenvalue weighted by Gasteiger charge is -2.17. The maximum absolute atomic E-state index is 4.75. The van der Waals surface area contributed by atoms with Gasteiger partial charge in [0.05, 0.1) is 17.3 Å². The molecule has 0 unspecified atom stereocenters. The molecular weight excluding hydrogens is 312 g/mol. The Morgan fingerprint density at radius 3 is 3.00 bits per heavy atom. The van der Waals surface area contributed by atoms with E-state index in [1.807, 2.05) is 60.8 Å². The first kappa shape index (κ1) is 13.9. The van der Waals surface area contributed by atoms with Gasteiger partial charge in [0.15, 0.2) is 11.4 Å². The predicted molar refractivity (Wildman–Crippen MR) is 96.9 cm³/mol. The van der Waals surface area contributed by atoms with E-state index in [-0.39, 0.29) is 0 Å². The normalized spacial score (nSPS) is 14.2. The van der Waals surface area contributed by atoms with Crippen LogP contribution in [-0.2, 0) is 7.05 Å². The molecule has 1 aliphatic heterocycles. The first-order valence-corrected chi connectivity index (χ1v) is 8.02. The largest absolute Gasteiger partial charge is 0.374 e. The van der Waals surface area contributed by atoms with Crippen LogP contribution in [0.25, 0.3) is 22.2 Å². The van der Waals surface area contributed by atoms with Crippen LogP contribution in [0.4, 0.5) is 11.5 Å². The zero-order valence-corrected chi connectivity index (χ0v) is 13.6. The molecule has 0 saturated carbocycles. The maximum atomic E-state index is 4.75. The Kier molecular flexibility index (Phi) is 2.90. The Morgan fingerprint density at radius 1 is 1.16 bits per heavy atom. The standard InChI is InChI=1S/C19H15N6/c1-24-12-15(10-21-24)17-6-7-18-19(22-17)25(23-18)11-13-4-5-16-14(9-13)3-2-8-20-16/h2-12,23H,1H3/q+1. The molecule has 120 valence electrons. The summed E-state index contributed by atoms with van der Waals surface area (Å²) in [5.74, 6) is 0.910. The molecule has 5 rings (SSSR count). The first-order chi connectivity index (χ1) is 12.3. The minimum Gasteiger partial charge on any atom is -0.275 e. The summed E-state index contributed by atoms with van der Waals surface area (Å²) in [5.41, 5.74) is 8.31. The molecule has 4 heterocycles. The van der Waals surface area contributed by atoms with Crippen molar-refractivity contribution in [2.75, 3.05) is 5.43 Å². The molecule has 1 aliphatic rings. The summed E-state index contributed by atoms with van der Waals surface area (Å²) in [6, 6.07) is 14.3. The van der Waals surface area contributed by atoms with Gasteiger partial charge >= 0.3 is 5.82 Å². The quantitative estimate of drug-likeness (QED) is 0.575. The van der Waals surface area contributed by atoms with Crippen molar-refractivity contribution in [2.24, 2.45) is 7.05 Å². The van der Waals surface area contributed by atoms with Crippen LogP contribution in [0.1, 0.15) is 5.56 Å². The molecule has 0 amide bonds. The fourth-order valence-corrected chi connectivity index (χ4v) is 2.98. The summed E-state index contributed by atoms with van der Waals surface area (Å²) in [6.07, 6.45) is 7.63. The summed E-state index contributed by atoms with van der Waals surface area (Å²) < 4.78 is 3.72. The van der Waals surface area contributed by atoms with Gasteiger partial charge < -0.3 is 0 Å². The van der Waals surface area contributed by atoms with Gasteiger partial charge in [-0.05, 0) is 41.4 Å². The number of anilines is 1. The van der Waals surface area contributed by atoms with Gasteiger partial charge in [0.25, 0.3) is 0 Å². The number of pyridine rings is 2. The molecule has 0 bridgehead atoms. The van der Waals surface area contributed by atoms with Crippen LogP contribution >= 0.6 is 0 Å². The van der Waals surface area contributed by atoms with Crippen molar-refractivity contribution in [3.63, 3.8) is 0 Å². The third-order valence-corrected chi connectivity index (χ3v) is 4.25. The van der Waals surface area contributed by atoms with Crippen LogP contribution in [0, 0.1) is 0 Å². The number of hydrogen-bond acceptors (Lipinski definition) is 4. The van der Waals surface area contributed by atoms with Crippen LogP contribution in [0.5, 0.6) is 0 Å². The van der Waals surface area contributed by atoms with Crippen LogP contribution in [0.2, 0.25) is 0 Å². The van der Waals surface area contributed by atoms with Crippen LogP contribution in [0.15, 0.2) is 61.1 Å². The number of hydrogen-bond donors (Lipinski definition) is 1. The molecule has 0 atom stereocenters. The Hall–Kier alpha value is -3.54. The average molecular weight is 327 g/mol. The number of aromatic nitrogens is 4. The third kappa shape index (κ3) is 2.35. The molecular formula is C19H15N6+. The van der Waals surface area contributed by atoms with E-state index >= 15 is 0 Å². The second kappa shape index (κ2) is 5.24. The minimum atomic E-state index is 0.910. The van der Waals surface area contributed by atoms with Crippen LogP contribution in [0.3, 0.4) is 0 Å². The first-order valence-electron chi connectivity index (χ1n) is 8.02. The molecule has 0 radical (unpaired) electrons. The smallest absolute Gasteiger partial charge is 0.275 e. The summed E-state index contributed by atoms with van der Waals surface area (Å²) >= 11 is 0. The van der Waals surface area contributed by atoms with Crippen molar-refractivity contribution in [2.45, 2.75) is 0 Å². The summed E-state index contributed by atoms with van der Waals surface area (Å²) in [5, 5.41) is 5.33. The van der Waals surface area contributed by atoms with Gasteiger partial charge in [-0.3, -0.25) is 9.67 Å². The molecule has 6 nitrogen and oxygen atoms in total.